The topological polar surface area (TPSA) is 68.2 Å². The van der Waals surface area contributed by atoms with Crippen LogP contribution in [0.3, 0.4) is 0 Å². The highest BCUT2D eigenvalue weighted by molar-refractivity contribution is 6.30. The fourth-order valence-electron chi connectivity index (χ4n) is 4.98. The van der Waals surface area contributed by atoms with E-state index in [4.69, 9.17) is 37.4 Å². The third-order valence-electron chi connectivity index (χ3n) is 7.35. The molecule has 4 aromatic carbocycles. The van der Waals surface area contributed by atoms with Crippen molar-refractivity contribution < 1.29 is 24.1 Å². The molecule has 0 aromatic heterocycles. The summed E-state index contributed by atoms with van der Waals surface area (Å²) in [4.78, 5) is 14.7. The lowest BCUT2D eigenvalue weighted by atomic mass is 9.91. The van der Waals surface area contributed by atoms with Gasteiger partial charge in [-0.3, -0.25) is 0 Å². The molecule has 0 aliphatic heterocycles. The summed E-state index contributed by atoms with van der Waals surface area (Å²) in [6.07, 6.45) is 0.0762. The zero-order valence-electron chi connectivity index (χ0n) is 27.1. The maximum atomic E-state index is 12.3. The largest absolute Gasteiger partial charge is 0.456 e. The molecule has 244 valence electrons. The first-order chi connectivity index (χ1) is 21.9. The second kappa shape index (κ2) is 16.3. The zero-order chi connectivity index (χ0) is 33.3. The highest BCUT2D eigenvalue weighted by Gasteiger charge is 2.21. The van der Waals surface area contributed by atoms with Crippen molar-refractivity contribution in [3.63, 3.8) is 0 Å². The van der Waals surface area contributed by atoms with E-state index in [1.54, 1.807) is 31.2 Å². The van der Waals surface area contributed by atoms with Crippen molar-refractivity contribution in [2.24, 2.45) is 0 Å². The van der Waals surface area contributed by atoms with Gasteiger partial charge in [0.2, 0.25) is 0 Å². The Balaban J connectivity index is 1.29. The molecule has 0 spiro atoms. The minimum atomic E-state index is -0.930. The summed E-state index contributed by atoms with van der Waals surface area (Å²) in [5.41, 5.74) is 3.46. The van der Waals surface area contributed by atoms with Crippen molar-refractivity contribution in [3.05, 3.63) is 129 Å². The number of hydrogen-bond donors (Lipinski definition) is 1. The fraction of sp³-hybridized carbons (Fsp3) is 0.342. The van der Waals surface area contributed by atoms with Gasteiger partial charge in [0.05, 0.1) is 5.56 Å². The lowest BCUT2D eigenvalue weighted by Crippen LogP contribution is -2.35. The fourth-order valence-corrected chi connectivity index (χ4v) is 5.23. The van der Waals surface area contributed by atoms with Crippen LogP contribution in [0, 0.1) is 0 Å². The summed E-state index contributed by atoms with van der Waals surface area (Å²) < 4.78 is 17.3. The van der Waals surface area contributed by atoms with E-state index in [1.165, 1.54) is 16.7 Å². The van der Waals surface area contributed by atoms with E-state index in [-0.39, 0.29) is 5.92 Å². The predicted octanol–water partition coefficient (Wildman–Crippen LogP) is 8.81. The molecule has 1 N–H and O–H groups in total. The van der Waals surface area contributed by atoms with Crippen molar-refractivity contribution in [2.45, 2.75) is 64.4 Å². The quantitative estimate of drug-likeness (QED) is 0.107. The van der Waals surface area contributed by atoms with E-state index in [2.05, 4.69) is 36.2 Å². The summed E-state index contributed by atoms with van der Waals surface area (Å²) in [5.74, 6) is 0.844. The highest BCUT2D eigenvalue weighted by atomic mass is 35.5. The van der Waals surface area contributed by atoms with Crippen LogP contribution in [0.5, 0.6) is 11.5 Å². The number of benzene rings is 4. The third kappa shape index (κ3) is 11.1. The maximum Gasteiger partial charge on any atom is 0.338 e. The monoisotopic (exact) mass is 663 g/mol. The minimum absolute atomic E-state index is 0.197. The number of esters is 1. The predicted molar refractivity (Wildman–Crippen MR) is 185 cm³/mol. The van der Waals surface area contributed by atoms with Gasteiger partial charge in [0, 0.05) is 22.5 Å². The Labute approximate surface area is 282 Å². The molecule has 8 heteroatoms. The van der Waals surface area contributed by atoms with Crippen LogP contribution in [0.4, 0.5) is 0 Å². The van der Waals surface area contributed by atoms with Crippen LogP contribution in [0.2, 0.25) is 10.0 Å². The summed E-state index contributed by atoms with van der Waals surface area (Å²) in [7, 11) is 2.15. The minimum Gasteiger partial charge on any atom is -0.456 e. The number of halogens is 2. The molecule has 0 aliphatic carbocycles. The normalized spacial score (nSPS) is 13.0. The lowest BCUT2D eigenvalue weighted by Gasteiger charge is -2.25. The zero-order valence-corrected chi connectivity index (χ0v) is 28.6. The van der Waals surface area contributed by atoms with E-state index in [0.717, 1.165) is 36.0 Å². The van der Waals surface area contributed by atoms with Crippen LogP contribution >= 0.6 is 23.2 Å². The van der Waals surface area contributed by atoms with Gasteiger partial charge in [-0.1, -0.05) is 59.6 Å². The number of aliphatic hydroxyl groups is 1. The molecule has 2 atom stereocenters. The number of hydrogen-bond acceptors (Lipinski definition) is 6. The number of nitrogens with zero attached hydrogens (tertiary/aromatic N) is 1. The van der Waals surface area contributed by atoms with Crippen LogP contribution in [-0.2, 0) is 11.2 Å². The van der Waals surface area contributed by atoms with E-state index < -0.39 is 24.0 Å². The van der Waals surface area contributed by atoms with Crippen LogP contribution in [-0.4, -0.2) is 54.1 Å². The van der Waals surface area contributed by atoms with Crippen molar-refractivity contribution in [2.75, 3.05) is 20.1 Å². The number of ether oxygens (including phenoxy) is 3. The van der Waals surface area contributed by atoms with Gasteiger partial charge in [-0.15, -0.1) is 0 Å². The van der Waals surface area contributed by atoms with Crippen LogP contribution in [0.15, 0.2) is 97.1 Å². The Morgan fingerprint density at radius 1 is 0.783 bits per heavy atom. The molecule has 0 saturated heterocycles. The van der Waals surface area contributed by atoms with E-state index in [9.17, 15) is 9.90 Å². The molecule has 46 heavy (non-hydrogen) atoms. The molecular weight excluding hydrogens is 621 g/mol. The molecule has 4 aromatic rings. The van der Waals surface area contributed by atoms with Gasteiger partial charge in [0.15, 0.2) is 0 Å². The summed E-state index contributed by atoms with van der Waals surface area (Å²) >= 11 is 12.3. The molecule has 2 unspecified atom stereocenters. The summed E-state index contributed by atoms with van der Waals surface area (Å²) in [6, 6.07) is 30.5. The Bertz CT molecular complexity index is 1470. The second-order valence-corrected chi connectivity index (χ2v) is 13.4. The molecule has 0 amide bonds. The molecule has 0 aliphatic rings. The van der Waals surface area contributed by atoms with Crippen LogP contribution in [0.1, 0.15) is 67.1 Å². The third-order valence-corrected chi connectivity index (χ3v) is 7.86. The molecule has 0 fully saturated rings. The molecule has 4 rings (SSSR count). The average molecular weight is 665 g/mol. The number of carbonyl (C=O) groups excluding carboxylic acids is 1. The molecule has 0 radical (unpaired) electrons. The smallest absolute Gasteiger partial charge is 0.338 e. The van der Waals surface area contributed by atoms with Gasteiger partial charge in [0.25, 0.3) is 6.29 Å². The van der Waals surface area contributed by atoms with Crippen LogP contribution < -0.4 is 9.47 Å². The van der Waals surface area contributed by atoms with Gasteiger partial charge >= 0.3 is 5.97 Å². The number of likely N-dealkylation sites (N-methyl/N-ethyl adjacent to an activating group) is 1. The Hall–Kier alpha value is -3.55. The van der Waals surface area contributed by atoms with E-state index in [1.807, 2.05) is 69.3 Å². The first-order valence-electron chi connectivity index (χ1n) is 15.5. The molecule has 6 nitrogen and oxygen atoms in total. The SMILES string of the molecule is CC(O)C(Oc1ccc(CCCN(C)CC(c2ccc(Cl)cc2)c2ccc(Cl)cc2)cc1)Oc1ccc(C(=O)OC(C)(C)C)cc1. The Morgan fingerprint density at radius 3 is 1.72 bits per heavy atom. The Kier molecular flexibility index (Phi) is 12.5. The lowest BCUT2D eigenvalue weighted by molar-refractivity contribution is -0.0778. The van der Waals surface area contributed by atoms with Gasteiger partial charge < -0.3 is 24.2 Å². The molecular formula is C38H43Cl2NO5. The van der Waals surface area contributed by atoms with Crippen molar-refractivity contribution >= 4 is 29.2 Å². The van der Waals surface area contributed by atoms with Gasteiger partial charge in [-0.05, 0) is 131 Å². The first-order valence-corrected chi connectivity index (χ1v) is 16.2. The second-order valence-electron chi connectivity index (χ2n) is 12.5. The average Bonchev–Trinajstić information content (AvgIpc) is 3.01. The molecule has 0 bridgehead atoms. The van der Waals surface area contributed by atoms with Crippen molar-refractivity contribution in [3.8, 4) is 11.5 Å². The van der Waals surface area contributed by atoms with Gasteiger partial charge in [-0.2, -0.15) is 0 Å². The first kappa shape index (κ1) is 35.3. The van der Waals surface area contributed by atoms with Gasteiger partial charge in [0.1, 0.15) is 23.2 Å². The summed E-state index contributed by atoms with van der Waals surface area (Å²) in [5, 5.41) is 11.8. The maximum absolute atomic E-state index is 12.3. The van der Waals surface area contributed by atoms with Crippen molar-refractivity contribution in [1.29, 1.82) is 0 Å². The van der Waals surface area contributed by atoms with E-state index in [0.29, 0.717) is 17.1 Å². The standard InChI is InChI=1S/C38H43Cl2NO5/c1-26(42)37(45-34-22-14-30(15-23-34)36(43)46-38(2,3)4)44-33-20-8-27(9-21-33)7-6-24-41(5)25-35(28-10-16-31(39)17-11-28)29-12-18-32(40)19-13-29/h8-23,26,35,37,42H,6-7,24-25H2,1-5H3. The number of carbonyl (C=O) groups is 1. The van der Waals surface area contributed by atoms with Crippen LogP contribution in [0.25, 0.3) is 0 Å². The number of rotatable bonds is 14. The van der Waals surface area contributed by atoms with Crippen molar-refractivity contribution in [1.82, 2.24) is 4.90 Å². The van der Waals surface area contributed by atoms with E-state index >= 15 is 0 Å². The van der Waals surface area contributed by atoms with Gasteiger partial charge in [-0.25, -0.2) is 4.79 Å². The molecule has 0 saturated carbocycles. The number of aliphatic hydroxyl groups excluding tert-OH is 1. The number of aryl methyl sites for hydroxylation is 1. The molecule has 0 heterocycles. The highest BCUT2D eigenvalue weighted by Crippen LogP contribution is 2.28. The Morgan fingerprint density at radius 2 is 1.26 bits per heavy atom. The summed E-state index contributed by atoms with van der Waals surface area (Å²) in [6.45, 7) is 8.86.